The van der Waals surface area contributed by atoms with Crippen LogP contribution in [0, 0.1) is 0 Å². The topological polar surface area (TPSA) is 18.5 Å². The summed E-state index contributed by atoms with van der Waals surface area (Å²) >= 11 is 0. The first kappa shape index (κ1) is 9.78. The van der Waals surface area contributed by atoms with Crippen LogP contribution in [0.3, 0.4) is 0 Å². The van der Waals surface area contributed by atoms with Crippen LogP contribution in [0.25, 0.3) is 0 Å². The first-order valence-corrected chi connectivity index (χ1v) is 5.46. The van der Waals surface area contributed by atoms with Crippen molar-refractivity contribution < 1.29 is 9.47 Å². The Morgan fingerprint density at radius 3 is 2.79 bits per heavy atom. The summed E-state index contributed by atoms with van der Waals surface area (Å²) in [5, 5.41) is 0. The Morgan fingerprint density at radius 2 is 2.07 bits per heavy atom. The molecule has 0 bridgehead atoms. The van der Waals surface area contributed by atoms with Gasteiger partial charge in [0.15, 0.2) is 0 Å². The minimum absolute atomic E-state index is 0.0665. The molecule has 0 aromatic carbocycles. The minimum Gasteiger partial charge on any atom is -0.498 e. The van der Waals surface area contributed by atoms with E-state index in [9.17, 15) is 0 Å². The van der Waals surface area contributed by atoms with E-state index in [-0.39, 0.29) is 6.10 Å². The molecule has 1 atom stereocenters. The lowest BCUT2D eigenvalue weighted by Gasteiger charge is -2.22. The molecule has 0 N–H and O–H groups in total. The second-order valence-electron chi connectivity index (χ2n) is 3.94. The summed E-state index contributed by atoms with van der Waals surface area (Å²) in [5.41, 5.74) is 0. The molecular weight excluding hydrogens is 176 g/mol. The first-order valence-electron chi connectivity index (χ1n) is 5.46. The predicted octanol–water partition coefficient (Wildman–Crippen LogP) is 2.80. The van der Waals surface area contributed by atoms with Crippen LogP contribution in [0.4, 0.5) is 0 Å². The Hall–Kier alpha value is -0.760. The average Bonchev–Trinajstić information content (AvgIpc) is 2.71. The summed E-state index contributed by atoms with van der Waals surface area (Å²) in [7, 11) is 1.72. The van der Waals surface area contributed by atoms with Crippen molar-refractivity contribution in [3.8, 4) is 0 Å². The van der Waals surface area contributed by atoms with E-state index in [2.05, 4.69) is 18.2 Å². The number of ether oxygens (including phenoxy) is 2. The van der Waals surface area contributed by atoms with Gasteiger partial charge in [-0.2, -0.15) is 0 Å². The summed E-state index contributed by atoms with van der Waals surface area (Å²) in [4.78, 5) is 0. The molecule has 14 heavy (non-hydrogen) atoms. The molecule has 0 heterocycles. The van der Waals surface area contributed by atoms with Crippen LogP contribution in [0.1, 0.15) is 32.1 Å². The summed E-state index contributed by atoms with van der Waals surface area (Å²) < 4.78 is 11.3. The van der Waals surface area contributed by atoms with Gasteiger partial charge in [0.1, 0.15) is 11.9 Å². The van der Waals surface area contributed by atoms with Gasteiger partial charge < -0.3 is 9.47 Å². The van der Waals surface area contributed by atoms with Crippen molar-refractivity contribution in [2.45, 2.75) is 44.3 Å². The molecule has 0 spiro atoms. The van der Waals surface area contributed by atoms with E-state index in [1.54, 1.807) is 7.11 Å². The molecule has 1 unspecified atom stereocenters. The van der Waals surface area contributed by atoms with Gasteiger partial charge in [-0.25, -0.2) is 0 Å². The fourth-order valence-corrected chi connectivity index (χ4v) is 2.14. The Morgan fingerprint density at radius 1 is 1.29 bits per heavy atom. The van der Waals surface area contributed by atoms with Crippen molar-refractivity contribution in [1.82, 2.24) is 0 Å². The number of allylic oxidation sites excluding steroid dienone is 2. The third-order valence-corrected chi connectivity index (χ3v) is 2.92. The standard InChI is InChI=1S/C12H18O2/c1-13-11-8-4-5-9-12(11)14-10-6-2-3-7-10/h5,8-10,12H,2-4,6-7H2,1H3. The van der Waals surface area contributed by atoms with Crippen LogP contribution < -0.4 is 0 Å². The summed E-state index contributed by atoms with van der Waals surface area (Å²) in [6.45, 7) is 0. The molecule has 0 saturated heterocycles. The van der Waals surface area contributed by atoms with Crippen LogP contribution in [0.15, 0.2) is 24.0 Å². The van der Waals surface area contributed by atoms with Gasteiger partial charge in [0.05, 0.1) is 13.2 Å². The zero-order valence-corrected chi connectivity index (χ0v) is 8.74. The van der Waals surface area contributed by atoms with E-state index in [0.29, 0.717) is 6.10 Å². The maximum atomic E-state index is 5.98. The van der Waals surface area contributed by atoms with Gasteiger partial charge >= 0.3 is 0 Å². The van der Waals surface area contributed by atoms with Crippen molar-refractivity contribution >= 4 is 0 Å². The van der Waals surface area contributed by atoms with Crippen molar-refractivity contribution in [1.29, 1.82) is 0 Å². The highest BCUT2D eigenvalue weighted by Gasteiger charge is 2.22. The molecule has 0 radical (unpaired) electrons. The van der Waals surface area contributed by atoms with Crippen LogP contribution >= 0.6 is 0 Å². The van der Waals surface area contributed by atoms with Crippen LogP contribution in [0.2, 0.25) is 0 Å². The molecule has 2 nitrogen and oxygen atoms in total. The lowest BCUT2D eigenvalue weighted by atomic mass is 10.1. The monoisotopic (exact) mass is 194 g/mol. The third kappa shape index (κ3) is 2.18. The molecule has 1 fully saturated rings. The van der Waals surface area contributed by atoms with E-state index in [1.165, 1.54) is 25.7 Å². The number of rotatable bonds is 3. The van der Waals surface area contributed by atoms with E-state index >= 15 is 0 Å². The molecule has 78 valence electrons. The lowest BCUT2D eigenvalue weighted by Crippen LogP contribution is -2.22. The Balaban J connectivity index is 1.91. The zero-order chi connectivity index (χ0) is 9.80. The number of methoxy groups -OCH3 is 1. The molecule has 1 saturated carbocycles. The number of hydrogen-bond donors (Lipinski definition) is 0. The number of hydrogen-bond acceptors (Lipinski definition) is 2. The van der Waals surface area contributed by atoms with Gasteiger partial charge in [0, 0.05) is 0 Å². The largest absolute Gasteiger partial charge is 0.498 e. The van der Waals surface area contributed by atoms with Gasteiger partial charge in [-0.1, -0.05) is 25.0 Å². The van der Waals surface area contributed by atoms with Gasteiger partial charge in [-0.3, -0.25) is 0 Å². The fourth-order valence-electron chi connectivity index (χ4n) is 2.14. The molecule has 0 aliphatic heterocycles. The average molecular weight is 194 g/mol. The van der Waals surface area contributed by atoms with E-state index in [0.717, 1.165) is 12.2 Å². The Labute approximate surface area is 85.6 Å². The highest BCUT2D eigenvalue weighted by Crippen LogP contribution is 2.26. The van der Waals surface area contributed by atoms with Crippen molar-refractivity contribution in [2.24, 2.45) is 0 Å². The quantitative estimate of drug-likeness (QED) is 0.643. The maximum absolute atomic E-state index is 5.98. The van der Waals surface area contributed by atoms with Crippen LogP contribution in [-0.4, -0.2) is 19.3 Å². The van der Waals surface area contributed by atoms with Crippen LogP contribution in [-0.2, 0) is 9.47 Å². The normalized spacial score (nSPS) is 27.8. The maximum Gasteiger partial charge on any atom is 0.133 e. The van der Waals surface area contributed by atoms with Gasteiger partial charge in [0.2, 0.25) is 0 Å². The molecule has 0 aromatic heterocycles. The second kappa shape index (κ2) is 4.65. The molecule has 2 rings (SSSR count). The highest BCUT2D eigenvalue weighted by atomic mass is 16.5. The third-order valence-electron chi connectivity index (χ3n) is 2.92. The predicted molar refractivity (Wildman–Crippen MR) is 56.0 cm³/mol. The Kier molecular flexibility index (Phi) is 3.25. The van der Waals surface area contributed by atoms with E-state index in [4.69, 9.17) is 9.47 Å². The first-order chi connectivity index (χ1) is 6.90. The SMILES string of the molecule is COC1=CCC=CC1OC1CCCC1. The Bertz CT molecular complexity index is 237. The summed E-state index contributed by atoms with van der Waals surface area (Å²) in [6.07, 6.45) is 12.9. The van der Waals surface area contributed by atoms with Crippen molar-refractivity contribution in [2.75, 3.05) is 7.11 Å². The molecule has 0 aromatic rings. The van der Waals surface area contributed by atoms with Crippen molar-refractivity contribution in [3.63, 3.8) is 0 Å². The molecular formula is C12H18O2. The van der Waals surface area contributed by atoms with E-state index < -0.39 is 0 Å². The lowest BCUT2D eigenvalue weighted by molar-refractivity contribution is 0.00930. The molecule has 2 aliphatic carbocycles. The molecule has 0 amide bonds. The van der Waals surface area contributed by atoms with Crippen molar-refractivity contribution in [3.05, 3.63) is 24.0 Å². The highest BCUT2D eigenvalue weighted by molar-refractivity contribution is 5.17. The van der Waals surface area contributed by atoms with Gasteiger partial charge in [0.25, 0.3) is 0 Å². The fraction of sp³-hybridized carbons (Fsp3) is 0.667. The zero-order valence-electron chi connectivity index (χ0n) is 8.74. The van der Waals surface area contributed by atoms with Gasteiger partial charge in [-0.15, -0.1) is 0 Å². The van der Waals surface area contributed by atoms with E-state index in [1.807, 2.05) is 0 Å². The molecule has 2 aliphatic rings. The van der Waals surface area contributed by atoms with Gasteiger partial charge in [-0.05, 0) is 25.3 Å². The summed E-state index contributed by atoms with van der Waals surface area (Å²) in [6, 6.07) is 0. The summed E-state index contributed by atoms with van der Waals surface area (Å²) in [5.74, 6) is 0.972. The smallest absolute Gasteiger partial charge is 0.133 e. The van der Waals surface area contributed by atoms with Crippen LogP contribution in [0.5, 0.6) is 0 Å². The molecule has 2 heteroatoms. The second-order valence-corrected chi connectivity index (χ2v) is 3.94. The minimum atomic E-state index is 0.0665.